The lowest BCUT2D eigenvalue weighted by Crippen LogP contribution is -2.44. The number of pyridine rings is 1. The van der Waals surface area contributed by atoms with Gasteiger partial charge in [-0.2, -0.15) is 15.4 Å². The average molecular weight is 517 g/mol. The molecule has 4 atom stereocenters. The number of aromatic amines is 1. The van der Waals surface area contributed by atoms with E-state index in [0.29, 0.717) is 72.6 Å². The Balaban J connectivity index is 0.00000161. The lowest BCUT2D eigenvalue weighted by atomic mass is 9.60. The summed E-state index contributed by atoms with van der Waals surface area (Å²) in [5, 5.41) is 12.6. The number of nitrogens with one attached hydrogen (secondary N) is 1. The first-order valence-electron chi connectivity index (χ1n) is 13.0. The average Bonchev–Trinajstić information content (AvgIpc) is 3.66. The van der Waals surface area contributed by atoms with Gasteiger partial charge in [0.2, 0.25) is 5.88 Å². The van der Waals surface area contributed by atoms with E-state index >= 15 is 0 Å². The van der Waals surface area contributed by atoms with Gasteiger partial charge < -0.3 is 19.3 Å². The molecule has 2 unspecified atom stereocenters. The standard InChI is InChI=1S/C28H28N6O4.2H2/c1-37-8-9-38-26-18-5-3-2-4-16(18)10-25(29-26)28(36)34-14-21-19-12-33(13-20(19)22(21)15-34)27(35)17-6-7-23-24(11-17)31-32-30-23;;/h2-7,10-11,19-22H,8-9,12-15H2,1H3,(H,30,31,32);2*1H/t19-,20+,21?,22?;;. The number of benzene rings is 2. The quantitative estimate of drug-likeness (QED) is 0.392. The molecule has 3 fully saturated rings. The van der Waals surface area contributed by atoms with E-state index in [1.807, 2.05) is 52.3 Å². The number of H-pyrrole nitrogens is 1. The summed E-state index contributed by atoms with van der Waals surface area (Å²) in [5.41, 5.74) is 2.48. The molecule has 1 saturated carbocycles. The van der Waals surface area contributed by atoms with Crippen LogP contribution < -0.4 is 4.74 Å². The van der Waals surface area contributed by atoms with Crippen molar-refractivity contribution in [3.05, 3.63) is 59.8 Å². The van der Waals surface area contributed by atoms with Gasteiger partial charge in [0.05, 0.1) is 6.61 Å². The molecule has 1 aliphatic carbocycles. The van der Waals surface area contributed by atoms with E-state index in [-0.39, 0.29) is 14.7 Å². The molecule has 10 heteroatoms. The number of carbonyl (C=O) groups is 2. The first-order valence-corrected chi connectivity index (χ1v) is 13.0. The Morgan fingerprint density at radius 1 is 0.895 bits per heavy atom. The number of ether oxygens (including phenoxy) is 2. The number of carbonyl (C=O) groups excluding carboxylic acids is 2. The summed E-state index contributed by atoms with van der Waals surface area (Å²) in [4.78, 5) is 35.3. The van der Waals surface area contributed by atoms with Crippen LogP contribution in [0, 0.1) is 23.7 Å². The molecule has 2 aromatic carbocycles. The van der Waals surface area contributed by atoms with Crippen LogP contribution in [0.2, 0.25) is 0 Å². The molecule has 198 valence electrons. The van der Waals surface area contributed by atoms with Crippen molar-refractivity contribution < 1.29 is 21.9 Å². The number of hydrogen-bond acceptors (Lipinski definition) is 7. The van der Waals surface area contributed by atoms with Crippen LogP contribution >= 0.6 is 0 Å². The number of rotatable bonds is 6. The van der Waals surface area contributed by atoms with E-state index in [2.05, 4.69) is 20.4 Å². The number of aromatic nitrogens is 4. The van der Waals surface area contributed by atoms with Gasteiger partial charge in [-0.3, -0.25) is 9.59 Å². The van der Waals surface area contributed by atoms with Gasteiger partial charge in [0.1, 0.15) is 23.3 Å². The van der Waals surface area contributed by atoms with E-state index in [0.717, 1.165) is 29.4 Å². The maximum absolute atomic E-state index is 13.6. The number of nitrogens with zero attached hydrogens (tertiary/aromatic N) is 5. The predicted octanol–water partition coefficient (Wildman–Crippen LogP) is 3.11. The molecule has 1 N–H and O–H groups in total. The van der Waals surface area contributed by atoms with Crippen LogP contribution in [-0.2, 0) is 4.74 Å². The second kappa shape index (κ2) is 9.05. The molecule has 2 aliphatic heterocycles. The fourth-order valence-corrected chi connectivity index (χ4v) is 6.63. The van der Waals surface area contributed by atoms with Crippen molar-refractivity contribution >= 4 is 33.6 Å². The van der Waals surface area contributed by atoms with Crippen molar-refractivity contribution in [3.63, 3.8) is 0 Å². The summed E-state index contributed by atoms with van der Waals surface area (Å²) in [6.07, 6.45) is 0. The van der Waals surface area contributed by atoms with Crippen molar-refractivity contribution in [1.29, 1.82) is 0 Å². The zero-order valence-corrected chi connectivity index (χ0v) is 21.0. The van der Waals surface area contributed by atoms with Gasteiger partial charge >= 0.3 is 0 Å². The van der Waals surface area contributed by atoms with Crippen LogP contribution in [-0.4, -0.2) is 88.5 Å². The third kappa shape index (κ3) is 3.70. The summed E-state index contributed by atoms with van der Waals surface area (Å²) in [7, 11) is 1.62. The maximum Gasteiger partial charge on any atom is 0.272 e. The minimum atomic E-state index is -0.0614. The topological polar surface area (TPSA) is 114 Å². The van der Waals surface area contributed by atoms with E-state index in [1.54, 1.807) is 13.2 Å². The molecule has 2 aromatic heterocycles. The minimum absolute atomic E-state index is 0. The molecular weight excluding hydrogens is 484 g/mol. The van der Waals surface area contributed by atoms with Gasteiger partial charge in [0, 0.05) is 47.1 Å². The lowest BCUT2D eigenvalue weighted by molar-refractivity contribution is 0.0629. The van der Waals surface area contributed by atoms with Crippen molar-refractivity contribution in [1.82, 2.24) is 30.2 Å². The Hall–Kier alpha value is -4.05. The van der Waals surface area contributed by atoms with E-state index < -0.39 is 0 Å². The van der Waals surface area contributed by atoms with Crippen LogP contribution in [0.1, 0.15) is 23.7 Å². The highest BCUT2D eigenvalue weighted by Gasteiger charge is 2.59. The summed E-state index contributed by atoms with van der Waals surface area (Å²) in [6.45, 7) is 3.67. The zero-order valence-electron chi connectivity index (χ0n) is 21.0. The maximum atomic E-state index is 13.6. The second-order valence-corrected chi connectivity index (χ2v) is 10.5. The summed E-state index contributed by atoms with van der Waals surface area (Å²) < 4.78 is 11.0. The van der Waals surface area contributed by atoms with Crippen molar-refractivity contribution in [2.45, 2.75) is 0 Å². The van der Waals surface area contributed by atoms with Crippen molar-refractivity contribution in [2.24, 2.45) is 23.7 Å². The molecule has 2 amide bonds. The Bertz CT molecular complexity index is 1540. The smallest absolute Gasteiger partial charge is 0.272 e. The molecule has 4 heterocycles. The van der Waals surface area contributed by atoms with Gasteiger partial charge in [0.25, 0.3) is 11.8 Å². The fraction of sp³-hybridized carbons (Fsp3) is 0.393. The van der Waals surface area contributed by atoms with Gasteiger partial charge in [-0.05, 0) is 59.4 Å². The van der Waals surface area contributed by atoms with Gasteiger partial charge in [-0.1, -0.05) is 18.2 Å². The number of hydrogen-bond donors (Lipinski definition) is 1. The van der Waals surface area contributed by atoms with Crippen LogP contribution in [0.5, 0.6) is 5.88 Å². The zero-order chi connectivity index (χ0) is 25.8. The number of fused-ring (bicyclic) bond motifs is 6. The molecule has 0 bridgehead atoms. The molecule has 10 nitrogen and oxygen atoms in total. The predicted molar refractivity (Wildman–Crippen MR) is 143 cm³/mol. The molecule has 0 spiro atoms. The molecule has 3 aliphatic rings. The minimum Gasteiger partial charge on any atom is -0.475 e. The van der Waals surface area contributed by atoms with Crippen molar-refractivity contribution in [2.75, 3.05) is 46.5 Å². The largest absolute Gasteiger partial charge is 0.475 e. The molecule has 2 saturated heterocycles. The SMILES string of the molecule is COCCOc1nc(C(=O)N2CC3C(C2)[C@@H]2CN(C(=O)c4ccc5n[nH]nc5c4)C[C@H]32)cc2ccccc12.[HH].[HH]. The van der Waals surface area contributed by atoms with Gasteiger partial charge in [-0.15, -0.1) is 0 Å². The molecule has 7 rings (SSSR count). The van der Waals surface area contributed by atoms with E-state index in [1.165, 1.54) is 0 Å². The molecule has 38 heavy (non-hydrogen) atoms. The molecule has 0 radical (unpaired) electrons. The Morgan fingerprint density at radius 3 is 2.32 bits per heavy atom. The van der Waals surface area contributed by atoms with Crippen LogP contribution in [0.4, 0.5) is 0 Å². The highest BCUT2D eigenvalue weighted by molar-refractivity contribution is 5.99. The normalized spacial score (nSPS) is 23.9. The van der Waals surface area contributed by atoms with Gasteiger partial charge in [0.15, 0.2) is 0 Å². The molecular formula is C28H32N6O4. The third-order valence-electron chi connectivity index (χ3n) is 8.51. The van der Waals surface area contributed by atoms with Crippen molar-refractivity contribution in [3.8, 4) is 5.88 Å². The lowest BCUT2D eigenvalue weighted by Gasteiger charge is -2.42. The third-order valence-corrected chi connectivity index (χ3v) is 8.51. The van der Waals surface area contributed by atoms with E-state index in [9.17, 15) is 9.59 Å². The van der Waals surface area contributed by atoms with E-state index in [4.69, 9.17) is 9.47 Å². The first-order chi connectivity index (χ1) is 18.6. The number of likely N-dealkylation sites (tertiary alicyclic amines) is 2. The monoisotopic (exact) mass is 516 g/mol. The Kier molecular flexibility index (Phi) is 5.50. The number of methoxy groups -OCH3 is 1. The van der Waals surface area contributed by atoms with Crippen LogP contribution in [0.3, 0.4) is 0 Å². The Morgan fingerprint density at radius 2 is 1.58 bits per heavy atom. The van der Waals surface area contributed by atoms with Crippen LogP contribution in [0.25, 0.3) is 21.8 Å². The summed E-state index contributed by atoms with van der Waals surface area (Å²) in [5.74, 6) is 2.12. The number of amides is 2. The second-order valence-electron chi connectivity index (χ2n) is 10.5. The summed E-state index contributed by atoms with van der Waals surface area (Å²) in [6, 6.07) is 15.1. The highest BCUT2D eigenvalue weighted by Crippen LogP contribution is 2.54. The van der Waals surface area contributed by atoms with Crippen LogP contribution in [0.15, 0.2) is 48.5 Å². The Labute approximate surface area is 221 Å². The first kappa shape index (κ1) is 23.1. The fourth-order valence-electron chi connectivity index (χ4n) is 6.63. The molecule has 4 aromatic rings. The summed E-state index contributed by atoms with van der Waals surface area (Å²) >= 11 is 0. The van der Waals surface area contributed by atoms with Gasteiger partial charge in [-0.25, -0.2) is 4.98 Å². The highest BCUT2D eigenvalue weighted by atomic mass is 16.5.